The van der Waals surface area contributed by atoms with Gasteiger partial charge >= 0.3 is 0 Å². The topological polar surface area (TPSA) is 133 Å². The Morgan fingerprint density at radius 2 is 1.96 bits per heavy atom. The van der Waals surface area contributed by atoms with Crippen molar-refractivity contribution in [1.82, 2.24) is 19.7 Å². The third kappa shape index (κ3) is 2.70. The van der Waals surface area contributed by atoms with E-state index in [9.17, 15) is 20.1 Å². The Hall–Kier alpha value is -2.30. The van der Waals surface area contributed by atoms with Gasteiger partial charge in [0.25, 0.3) is 5.56 Å². The summed E-state index contributed by atoms with van der Waals surface area (Å²) in [7, 11) is 0. The minimum Gasteiger partial charge on any atom is -0.387 e. The lowest BCUT2D eigenvalue weighted by atomic mass is 9.99. The molecule has 1 aliphatic heterocycles. The van der Waals surface area contributed by atoms with E-state index in [1.807, 2.05) is 0 Å². The first kappa shape index (κ1) is 17.1. The van der Waals surface area contributed by atoms with Crippen LogP contribution in [0, 0.1) is 0 Å². The van der Waals surface area contributed by atoms with Gasteiger partial charge in [-0.25, -0.2) is 9.67 Å². The second-order valence-corrected chi connectivity index (χ2v) is 6.46. The smallest absolute Gasteiger partial charge is 0.261 e. The summed E-state index contributed by atoms with van der Waals surface area (Å²) in [5.74, 6) is 0. The summed E-state index contributed by atoms with van der Waals surface area (Å²) in [5.41, 5.74) is 0.296. The van der Waals surface area contributed by atoms with Crippen molar-refractivity contribution in [2.24, 2.45) is 0 Å². The molecule has 26 heavy (non-hydrogen) atoms. The molecule has 1 fully saturated rings. The number of fused-ring (bicyclic) bond motifs is 1. The number of nitrogens with zero attached hydrogens (tertiary/aromatic N) is 3. The molecule has 5 atom stereocenters. The summed E-state index contributed by atoms with van der Waals surface area (Å²) < 4.78 is 6.91. The summed E-state index contributed by atoms with van der Waals surface area (Å²) in [6, 6.07) is 6.42. The van der Waals surface area contributed by atoms with E-state index in [0.29, 0.717) is 10.6 Å². The van der Waals surface area contributed by atoms with E-state index in [0.717, 1.165) is 0 Å². The van der Waals surface area contributed by atoms with Crippen LogP contribution in [0.4, 0.5) is 0 Å². The van der Waals surface area contributed by atoms with Crippen molar-refractivity contribution in [3.05, 3.63) is 57.7 Å². The van der Waals surface area contributed by atoms with E-state index in [1.165, 1.54) is 17.2 Å². The number of rotatable bonds is 3. The maximum Gasteiger partial charge on any atom is 0.261 e. The summed E-state index contributed by atoms with van der Waals surface area (Å²) in [4.78, 5) is 18.3. The highest BCUT2D eigenvalue weighted by Gasteiger charge is 2.48. The molecule has 1 saturated heterocycles. The first-order valence-electron chi connectivity index (χ1n) is 7.83. The molecule has 1 aromatic carbocycles. The first-order chi connectivity index (χ1) is 12.5. The average Bonchev–Trinajstić information content (AvgIpc) is 3.18. The van der Waals surface area contributed by atoms with E-state index in [4.69, 9.17) is 16.3 Å². The van der Waals surface area contributed by atoms with Gasteiger partial charge in [-0.1, -0.05) is 23.7 Å². The Balaban J connectivity index is 1.66. The van der Waals surface area contributed by atoms with Gasteiger partial charge in [0.2, 0.25) is 0 Å². The summed E-state index contributed by atoms with van der Waals surface area (Å²) in [6.07, 6.45) is -3.63. The number of nitrogens with one attached hydrogen (secondary N) is 1. The first-order valence-corrected chi connectivity index (χ1v) is 8.21. The van der Waals surface area contributed by atoms with Gasteiger partial charge in [-0.2, -0.15) is 5.10 Å². The molecule has 3 aromatic rings. The lowest BCUT2D eigenvalue weighted by molar-refractivity contribution is -0.0884. The third-order valence-corrected chi connectivity index (χ3v) is 4.69. The fraction of sp³-hybridized carbons (Fsp3) is 0.312. The maximum atomic E-state index is 11.8. The van der Waals surface area contributed by atoms with E-state index >= 15 is 0 Å². The van der Waals surface area contributed by atoms with Crippen LogP contribution in [0.5, 0.6) is 0 Å². The molecule has 0 spiro atoms. The van der Waals surface area contributed by atoms with Crippen molar-refractivity contribution in [2.75, 3.05) is 0 Å². The molecule has 0 amide bonds. The van der Waals surface area contributed by atoms with Gasteiger partial charge in [0.05, 0.1) is 12.5 Å². The molecule has 0 aliphatic carbocycles. The standard InChI is InChI=1S/C16H15ClN4O5/c17-8-3-1-7(2-4-8)10(22)13-11(23)12(24)16(26-13)21-14-9(5-20-21)15(25)19-6-18-14/h1-6,10-13,16,22-24H,(H,18,19,25)/t10-,11+,12-,13-,16-/m1/s1. The normalized spacial score (nSPS) is 27.1. The van der Waals surface area contributed by atoms with Crippen molar-refractivity contribution in [3.8, 4) is 0 Å². The molecule has 2 aromatic heterocycles. The quantitative estimate of drug-likeness (QED) is 0.509. The predicted molar refractivity (Wildman–Crippen MR) is 90.5 cm³/mol. The molecule has 3 heterocycles. The van der Waals surface area contributed by atoms with Crippen molar-refractivity contribution in [1.29, 1.82) is 0 Å². The lowest BCUT2D eigenvalue weighted by Crippen LogP contribution is -2.35. The Morgan fingerprint density at radius 1 is 1.23 bits per heavy atom. The Bertz CT molecular complexity index is 988. The number of aromatic nitrogens is 4. The molecule has 0 saturated carbocycles. The molecular formula is C16H15ClN4O5. The third-order valence-electron chi connectivity index (χ3n) is 4.44. The van der Waals surface area contributed by atoms with Crippen molar-refractivity contribution >= 4 is 22.6 Å². The second kappa shape index (κ2) is 6.45. The largest absolute Gasteiger partial charge is 0.387 e. The summed E-state index contributed by atoms with van der Waals surface area (Å²) in [6.45, 7) is 0. The molecule has 4 N–H and O–H groups in total. The van der Waals surface area contributed by atoms with E-state index in [1.54, 1.807) is 24.3 Å². The number of halogens is 1. The van der Waals surface area contributed by atoms with Crippen LogP contribution < -0.4 is 5.56 Å². The molecule has 1 aliphatic rings. The molecule has 10 heteroatoms. The highest BCUT2D eigenvalue weighted by molar-refractivity contribution is 6.30. The fourth-order valence-corrected chi connectivity index (χ4v) is 3.18. The molecule has 4 rings (SSSR count). The van der Waals surface area contributed by atoms with Gasteiger partial charge in [-0.3, -0.25) is 4.79 Å². The zero-order valence-electron chi connectivity index (χ0n) is 13.2. The molecule has 9 nitrogen and oxygen atoms in total. The second-order valence-electron chi connectivity index (χ2n) is 6.03. The highest BCUT2D eigenvalue weighted by Crippen LogP contribution is 2.36. The van der Waals surface area contributed by atoms with Crippen LogP contribution in [-0.2, 0) is 4.74 Å². The van der Waals surface area contributed by atoms with Crippen LogP contribution in [0.25, 0.3) is 11.0 Å². The molecule has 0 unspecified atom stereocenters. The van der Waals surface area contributed by atoms with Crippen molar-refractivity contribution in [3.63, 3.8) is 0 Å². The van der Waals surface area contributed by atoms with Gasteiger partial charge in [-0.15, -0.1) is 0 Å². The van der Waals surface area contributed by atoms with Gasteiger partial charge in [-0.05, 0) is 17.7 Å². The maximum absolute atomic E-state index is 11.8. The number of H-pyrrole nitrogens is 1. The Labute approximate surface area is 151 Å². The molecule has 0 radical (unpaired) electrons. The van der Waals surface area contributed by atoms with Gasteiger partial charge in [0.1, 0.15) is 29.8 Å². The number of hydrogen-bond donors (Lipinski definition) is 4. The highest BCUT2D eigenvalue weighted by atomic mass is 35.5. The van der Waals surface area contributed by atoms with Crippen LogP contribution in [0.15, 0.2) is 41.6 Å². The van der Waals surface area contributed by atoms with E-state index in [-0.39, 0.29) is 16.6 Å². The number of aromatic amines is 1. The summed E-state index contributed by atoms with van der Waals surface area (Å²) in [5, 5.41) is 36.0. The van der Waals surface area contributed by atoms with Gasteiger partial charge in [0.15, 0.2) is 11.9 Å². The number of benzene rings is 1. The van der Waals surface area contributed by atoms with Crippen LogP contribution in [0.1, 0.15) is 17.9 Å². The van der Waals surface area contributed by atoms with Crippen LogP contribution in [-0.4, -0.2) is 53.4 Å². The Morgan fingerprint density at radius 3 is 2.69 bits per heavy atom. The van der Waals surface area contributed by atoms with Crippen LogP contribution in [0.3, 0.4) is 0 Å². The minimum atomic E-state index is -1.37. The van der Waals surface area contributed by atoms with Gasteiger partial charge in [0, 0.05) is 5.02 Å². The Kier molecular flexibility index (Phi) is 4.25. The lowest BCUT2D eigenvalue weighted by Gasteiger charge is -2.21. The van der Waals surface area contributed by atoms with E-state index < -0.39 is 30.6 Å². The number of ether oxygens (including phenoxy) is 1. The SMILES string of the molecule is O=c1[nH]cnc2c1cnn2[C@@H]1O[C@H]([C@H](O)c2ccc(Cl)cc2)[C@@H](O)[C@H]1O. The molecule has 136 valence electrons. The number of hydrogen-bond acceptors (Lipinski definition) is 7. The van der Waals surface area contributed by atoms with Crippen molar-refractivity contribution in [2.45, 2.75) is 30.6 Å². The number of aliphatic hydroxyl groups excluding tert-OH is 3. The predicted octanol–water partition coefficient (Wildman–Crippen LogP) is 0.126. The average molecular weight is 379 g/mol. The monoisotopic (exact) mass is 378 g/mol. The number of aliphatic hydroxyl groups is 3. The van der Waals surface area contributed by atoms with Crippen LogP contribution in [0.2, 0.25) is 5.02 Å². The van der Waals surface area contributed by atoms with Crippen LogP contribution >= 0.6 is 11.6 Å². The minimum absolute atomic E-state index is 0.201. The summed E-state index contributed by atoms with van der Waals surface area (Å²) >= 11 is 5.84. The molecule has 0 bridgehead atoms. The van der Waals surface area contributed by atoms with Crippen molar-refractivity contribution < 1.29 is 20.1 Å². The van der Waals surface area contributed by atoms with Gasteiger partial charge < -0.3 is 25.0 Å². The van der Waals surface area contributed by atoms with E-state index in [2.05, 4.69) is 15.1 Å². The molecular weight excluding hydrogens is 364 g/mol. The fourth-order valence-electron chi connectivity index (χ4n) is 3.06. The zero-order valence-corrected chi connectivity index (χ0v) is 14.0. The zero-order chi connectivity index (χ0) is 18.4.